The Morgan fingerprint density at radius 2 is 1.27 bits per heavy atom. The van der Waals surface area contributed by atoms with Crippen LogP contribution in [0.2, 0.25) is 0 Å². The largest absolute Gasteiger partial charge is 0.309 e. The van der Waals surface area contributed by atoms with Crippen LogP contribution >= 0.6 is 0 Å². The summed E-state index contributed by atoms with van der Waals surface area (Å²) >= 11 is 0. The molecule has 3 aromatic carbocycles. The molecular formula is C33H22N4. The average molecular weight is 475 g/mol. The predicted molar refractivity (Wildman–Crippen MR) is 150 cm³/mol. The van der Waals surface area contributed by atoms with Crippen molar-refractivity contribution in [3.05, 3.63) is 134 Å². The smallest absolute Gasteiger partial charge is 0.0899 e. The number of aromatic nitrogens is 4. The van der Waals surface area contributed by atoms with Crippen molar-refractivity contribution in [2.24, 2.45) is 0 Å². The fourth-order valence-corrected chi connectivity index (χ4v) is 5.02. The van der Waals surface area contributed by atoms with Gasteiger partial charge in [-0.1, -0.05) is 66.7 Å². The van der Waals surface area contributed by atoms with Crippen LogP contribution in [0.3, 0.4) is 0 Å². The van der Waals surface area contributed by atoms with E-state index in [9.17, 15) is 0 Å². The first kappa shape index (κ1) is 21.2. The minimum atomic E-state index is 0.852. The zero-order chi connectivity index (χ0) is 24.6. The van der Waals surface area contributed by atoms with E-state index >= 15 is 0 Å². The van der Waals surface area contributed by atoms with Crippen LogP contribution in [0.5, 0.6) is 0 Å². The van der Waals surface area contributed by atoms with Crippen molar-refractivity contribution >= 4 is 21.8 Å². The second-order valence-corrected chi connectivity index (χ2v) is 9.00. The van der Waals surface area contributed by atoms with E-state index in [-0.39, 0.29) is 0 Å². The van der Waals surface area contributed by atoms with Crippen molar-refractivity contribution < 1.29 is 0 Å². The molecule has 0 N–H and O–H groups in total. The lowest BCUT2D eigenvalue weighted by molar-refractivity contribution is 1.17. The summed E-state index contributed by atoms with van der Waals surface area (Å²) in [5.41, 5.74) is 9.29. The lowest BCUT2D eigenvalue weighted by Crippen LogP contribution is -1.96. The van der Waals surface area contributed by atoms with Gasteiger partial charge in [-0.25, -0.2) is 4.98 Å². The van der Waals surface area contributed by atoms with E-state index in [2.05, 4.69) is 106 Å². The number of rotatable bonds is 4. The highest BCUT2D eigenvalue weighted by Gasteiger charge is 2.14. The normalized spacial score (nSPS) is 11.2. The van der Waals surface area contributed by atoms with Crippen LogP contribution < -0.4 is 0 Å². The Balaban J connectivity index is 1.44. The van der Waals surface area contributed by atoms with Gasteiger partial charge in [0.25, 0.3) is 0 Å². The van der Waals surface area contributed by atoms with Crippen LogP contribution in [0.15, 0.2) is 134 Å². The molecule has 0 unspecified atom stereocenters. The van der Waals surface area contributed by atoms with Crippen LogP contribution in [-0.4, -0.2) is 19.5 Å². The van der Waals surface area contributed by atoms with Crippen LogP contribution in [-0.2, 0) is 0 Å². The van der Waals surface area contributed by atoms with Crippen LogP contribution in [0.25, 0.3) is 61.3 Å². The van der Waals surface area contributed by atoms with Gasteiger partial charge in [-0.3, -0.25) is 9.97 Å². The summed E-state index contributed by atoms with van der Waals surface area (Å²) in [6.45, 7) is 0. The lowest BCUT2D eigenvalue weighted by Gasteiger charge is -2.12. The summed E-state index contributed by atoms with van der Waals surface area (Å²) in [6.07, 6.45) is 5.61. The summed E-state index contributed by atoms with van der Waals surface area (Å²) in [4.78, 5) is 14.0. The molecule has 0 aliphatic carbocycles. The number of hydrogen-bond acceptors (Lipinski definition) is 3. The zero-order valence-electron chi connectivity index (χ0n) is 20.0. The van der Waals surface area contributed by atoms with Gasteiger partial charge in [-0.05, 0) is 59.7 Å². The van der Waals surface area contributed by atoms with Gasteiger partial charge in [0.15, 0.2) is 0 Å². The molecule has 0 radical (unpaired) electrons. The molecule has 4 aromatic heterocycles. The Bertz CT molecular complexity index is 1760. The molecule has 0 aliphatic heterocycles. The standard InChI is InChI=1S/C33H22N4/c1-2-9-23(10-3-1)25-20-30(36-31(21-25)29-14-6-7-17-35-29)24-11-8-12-26(19-24)37-32-15-5-4-13-27(32)28-22-34-18-16-33(28)37/h1-22H. The molecular weight excluding hydrogens is 452 g/mol. The van der Waals surface area contributed by atoms with Crippen LogP contribution in [0.1, 0.15) is 0 Å². The number of nitrogens with zero attached hydrogens (tertiary/aromatic N) is 4. The van der Waals surface area contributed by atoms with Crippen molar-refractivity contribution in [1.29, 1.82) is 0 Å². The first-order valence-corrected chi connectivity index (χ1v) is 12.3. The van der Waals surface area contributed by atoms with Gasteiger partial charge >= 0.3 is 0 Å². The Hall–Kier alpha value is -5.09. The van der Waals surface area contributed by atoms with E-state index in [1.54, 1.807) is 0 Å². The third kappa shape index (κ3) is 3.76. The topological polar surface area (TPSA) is 43.6 Å². The molecule has 0 atom stereocenters. The lowest BCUT2D eigenvalue weighted by atomic mass is 10.0. The Kier molecular flexibility index (Phi) is 5.07. The zero-order valence-corrected chi connectivity index (χ0v) is 20.0. The molecule has 0 fully saturated rings. The van der Waals surface area contributed by atoms with Gasteiger partial charge in [-0.15, -0.1) is 0 Å². The fourth-order valence-electron chi connectivity index (χ4n) is 5.02. The van der Waals surface area contributed by atoms with Gasteiger partial charge in [0.05, 0.1) is 28.1 Å². The van der Waals surface area contributed by atoms with Crippen molar-refractivity contribution in [2.75, 3.05) is 0 Å². The summed E-state index contributed by atoms with van der Waals surface area (Å²) in [5.74, 6) is 0. The van der Waals surface area contributed by atoms with E-state index in [1.807, 2.05) is 42.9 Å². The van der Waals surface area contributed by atoms with Crippen molar-refractivity contribution in [1.82, 2.24) is 19.5 Å². The van der Waals surface area contributed by atoms with E-state index in [4.69, 9.17) is 4.98 Å². The van der Waals surface area contributed by atoms with Crippen molar-refractivity contribution in [3.63, 3.8) is 0 Å². The summed E-state index contributed by atoms with van der Waals surface area (Å²) in [5, 5.41) is 2.34. The quantitative estimate of drug-likeness (QED) is 0.260. The van der Waals surface area contributed by atoms with Gasteiger partial charge < -0.3 is 4.57 Å². The number of para-hydroxylation sites is 1. The molecule has 7 rings (SSSR count). The number of fused-ring (bicyclic) bond motifs is 3. The Morgan fingerprint density at radius 3 is 2.16 bits per heavy atom. The van der Waals surface area contributed by atoms with Gasteiger partial charge in [0.2, 0.25) is 0 Å². The van der Waals surface area contributed by atoms with Gasteiger partial charge in [0, 0.05) is 40.6 Å². The monoisotopic (exact) mass is 474 g/mol. The highest BCUT2D eigenvalue weighted by molar-refractivity contribution is 6.08. The molecule has 4 heterocycles. The second kappa shape index (κ2) is 8.85. The maximum absolute atomic E-state index is 5.06. The molecule has 0 aliphatic rings. The third-order valence-electron chi connectivity index (χ3n) is 6.73. The molecule has 0 saturated carbocycles. The SMILES string of the molecule is c1ccc(-c2cc(-c3cccc(-n4c5ccccc5c5cnccc54)c3)nc(-c3ccccn3)c2)cc1. The molecule has 7 aromatic rings. The maximum Gasteiger partial charge on any atom is 0.0899 e. The molecule has 0 spiro atoms. The highest BCUT2D eigenvalue weighted by atomic mass is 15.0. The predicted octanol–water partition coefficient (Wildman–Crippen LogP) is 7.97. The summed E-state index contributed by atoms with van der Waals surface area (Å²) < 4.78 is 2.30. The van der Waals surface area contributed by atoms with E-state index in [1.165, 1.54) is 5.39 Å². The van der Waals surface area contributed by atoms with Crippen LogP contribution in [0.4, 0.5) is 0 Å². The number of hydrogen-bond donors (Lipinski definition) is 0. The van der Waals surface area contributed by atoms with Crippen LogP contribution in [0, 0.1) is 0 Å². The van der Waals surface area contributed by atoms with Gasteiger partial charge in [-0.2, -0.15) is 0 Å². The molecule has 37 heavy (non-hydrogen) atoms. The molecule has 4 nitrogen and oxygen atoms in total. The van der Waals surface area contributed by atoms with E-state index < -0.39 is 0 Å². The molecule has 0 saturated heterocycles. The minimum Gasteiger partial charge on any atom is -0.309 e. The number of benzene rings is 3. The first-order chi connectivity index (χ1) is 18.3. The Morgan fingerprint density at radius 1 is 0.486 bits per heavy atom. The van der Waals surface area contributed by atoms with Gasteiger partial charge in [0.1, 0.15) is 0 Å². The maximum atomic E-state index is 5.06. The van der Waals surface area contributed by atoms with E-state index in [0.29, 0.717) is 0 Å². The Labute approximate surface area is 214 Å². The van der Waals surface area contributed by atoms with Crippen molar-refractivity contribution in [2.45, 2.75) is 0 Å². The molecule has 174 valence electrons. The summed E-state index contributed by atoms with van der Waals surface area (Å²) in [6, 6.07) is 39.8. The average Bonchev–Trinajstić information content (AvgIpc) is 3.32. The molecule has 0 bridgehead atoms. The second-order valence-electron chi connectivity index (χ2n) is 9.00. The first-order valence-electron chi connectivity index (χ1n) is 12.3. The molecule has 4 heteroatoms. The number of pyridine rings is 3. The molecule has 0 amide bonds. The minimum absolute atomic E-state index is 0.852. The third-order valence-corrected chi connectivity index (χ3v) is 6.73. The fraction of sp³-hybridized carbons (Fsp3) is 0. The highest BCUT2D eigenvalue weighted by Crippen LogP contribution is 2.34. The van der Waals surface area contributed by atoms with E-state index in [0.717, 1.165) is 55.9 Å². The summed E-state index contributed by atoms with van der Waals surface area (Å²) in [7, 11) is 0. The van der Waals surface area contributed by atoms with Crippen molar-refractivity contribution in [3.8, 4) is 39.5 Å².